The Labute approximate surface area is 149 Å². The van der Waals surface area contributed by atoms with Crippen LogP contribution in [0.4, 0.5) is 5.69 Å². The molecule has 4 nitrogen and oxygen atoms in total. The summed E-state index contributed by atoms with van der Waals surface area (Å²) < 4.78 is 0. The van der Waals surface area contributed by atoms with Crippen molar-refractivity contribution in [2.75, 3.05) is 11.9 Å². The molecular weight excluding hydrogens is 324 g/mol. The first-order valence-electron chi connectivity index (χ1n) is 8.66. The maximum atomic E-state index is 13.0. The van der Waals surface area contributed by atoms with Crippen LogP contribution in [0, 0.1) is 12.3 Å². The normalized spacial score (nSPS) is 18.4. The zero-order valence-electron chi connectivity index (χ0n) is 15.0. The second-order valence-corrected chi connectivity index (χ2v) is 7.53. The summed E-state index contributed by atoms with van der Waals surface area (Å²) in [6.07, 6.45) is 4.11. The molecule has 0 saturated carbocycles. The molecule has 1 fully saturated rings. The molecule has 1 N–H and O–H groups in total. The Bertz CT molecular complexity index is 628. The number of nitrogens with one attached hydrogen (secondary N) is 1. The number of rotatable bonds is 4. The molecular formula is C19H27ClN2O2. The van der Waals surface area contributed by atoms with E-state index in [1.54, 1.807) is 26.0 Å². The average Bonchev–Trinajstić information content (AvgIpc) is 2.57. The Hall–Kier alpha value is -1.55. The maximum Gasteiger partial charge on any atom is 0.239 e. The third-order valence-electron chi connectivity index (χ3n) is 4.91. The lowest BCUT2D eigenvalue weighted by molar-refractivity contribution is -0.149. The van der Waals surface area contributed by atoms with Crippen molar-refractivity contribution >= 4 is 29.1 Å². The molecule has 1 aromatic rings. The molecule has 132 valence electrons. The molecule has 0 radical (unpaired) electrons. The van der Waals surface area contributed by atoms with Gasteiger partial charge in [0.25, 0.3) is 0 Å². The third-order valence-corrected chi connectivity index (χ3v) is 5.14. The quantitative estimate of drug-likeness (QED) is 0.818. The number of amides is 2. The van der Waals surface area contributed by atoms with Gasteiger partial charge in [0.05, 0.1) is 0 Å². The van der Waals surface area contributed by atoms with Crippen LogP contribution in [0.3, 0.4) is 0 Å². The summed E-state index contributed by atoms with van der Waals surface area (Å²) in [5, 5.41) is 3.43. The predicted molar refractivity (Wildman–Crippen MR) is 98.2 cm³/mol. The number of carbonyl (C=O) groups is 2. The van der Waals surface area contributed by atoms with Crippen molar-refractivity contribution in [2.24, 2.45) is 5.41 Å². The minimum Gasteiger partial charge on any atom is -0.339 e. The lowest BCUT2D eigenvalue weighted by Gasteiger charge is -2.39. The van der Waals surface area contributed by atoms with Gasteiger partial charge in [-0.25, -0.2) is 0 Å². The fourth-order valence-electron chi connectivity index (χ4n) is 3.16. The monoisotopic (exact) mass is 350 g/mol. The second kappa shape index (κ2) is 7.56. The van der Waals surface area contributed by atoms with Crippen LogP contribution in [-0.2, 0) is 9.59 Å². The fourth-order valence-corrected chi connectivity index (χ4v) is 3.33. The molecule has 1 atom stereocenters. The van der Waals surface area contributed by atoms with Crippen molar-refractivity contribution in [1.82, 2.24) is 4.90 Å². The van der Waals surface area contributed by atoms with Gasteiger partial charge < -0.3 is 10.2 Å². The van der Waals surface area contributed by atoms with Crippen LogP contribution in [0.2, 0.25) is 5.02 Å². The fraction of sp³-hybridized carbons (Fsp3) is 0.579. The smallest absolute Gasteiger partial charge is 0.239 e. The van der Waals surface area contributed by atoms with Crippen LogP contribution in [0.1, 0.15) is 52.0 Å². The number of benzene rings is 1. The van der Waals surface area contributed by atoms with Crippen molar-refractivity contribution < 1.29 is 9.59 Å². The van der Waals surface area contributed by atoms with Crippen LogP contribution in [-0.4, -0.2) is 29.3 Å². The number of likely N-dealkylation sites (tertiary alicyclic amines) is 1. The molecule has 1 saturated heterocycles. The van der Waals surface area contributed by atoms with Gasteiger partial charge in [-0.15, -0.1) is 0 Å². The SMILES string of the molecule is CCC1CCCCN1C(=O)C(C)(C)C(=O)Nc1cc(Cl)ccc1C. The van der Waals surface area contributed by atoms with Crippen molar-refractivity contribution in [3.05, 3.63) is 28.8 Å². The van der Waals surface area contributed by atoms with E-state index < -0.39 is 5.41 Å². The van der Waals surface area contributed by atoms with Crippen LogP contribution >= 0.6 is 11.6 Å². The van der Waals surface area contributed by atoms with Crippen molar-refractivity contribution in [1.29, 1.82) is 0 Å². The number of halogens is 1. The van der Waals surface area contributed by atoms with Crippen LogP contribution in [0.25, 0.3) is 0 Å². The number of anilines is 1. The molecule has 2 amide bonds. The highest BCUT2D eigenvalue weighted by atomic mass is 35.5. The second-order valence-electron chi connectivity index (χ2n) is 7.09. The van der Waals surface area contributed by atoms with E-state index >= 15 is 0 Å². The van der Waals surface area contributed by atoms with Crippen molar-refractivity contribution in [3.8, 4) is 0 Å². The van der Waals surface area contributed by atoms with E-state index in [0.717, 1.165) is 37.8 Å². The molecule has 5 heteroatoms. The average molecular weight is 351 g/mol. The lowest BCUT2D eigenvalue weighted by atomic mass is 9.87. The topological polar surface area (TPSA) is 49.4 Å². The summed E-state index contributed by atoms with van der Waals surface area (Å²) >= 11 is 6.01. The van der Waals surface area contributed by atoms with Gasteiger partial charge in [-0.3, -0.25) is 9.59 Å². The summed E-state index contributed by atoms with van der Waals surface area (Å²) in [5.74, 6) is -0.385. The number of carbonyl (C=O) groups excluding carboxylic acids is 2. The molecule has 2 rings (SSSR count). The highest BCUT2D eigenvalue weighted by Crippen LogP contribution is 2.29. The minimum atomic E-state index is -1.11. The van der Waals surface area contributed by atoms with Gasteiger partial charge in [-0.05, 0) is 64.2 Å². The number of hydrogen-bond acceptors (Lipinski definition) is 2. The molecule has 0 spiro atoms. The van der Waals surface area contributed by atoms with Crippen LogP contribution in [0.15, 0.2) is 18.2 Å². The lowest BCUT2D eigenvalue weighted by Crippen LogP contribution is -2.52. The number of piperidine rings is 1. The Morgan fingerprint density at radius 3 is 2.71 bits per heavy atom. The summed E-state index contributed by atoms with van der Waals surface area (Å²) in [7, 11) is 0. The maximum absolute atomic E-state index is 13.0. The van der Waals surface area contributed by atoms with Crippen LogP contribution in [0.5, 0.6) is 0 Å². The standard InChI is InChI=1S/C19H27ClN2O2/c1-5-15-8-6-7-11-22(15)18(24)19(3,4)17(23)21-16-12-14(20)10-9-13(16)2/h9-10,12,15H,5-8,11H2,1-4H3,(H,21,23). The molecule has 24 heavy (non-hydrogen) atoms. The molecule has 1 heterocycles. The molecule has 0 bridgehead atoms. The summed E-state index contributed by atoms with van der Waals surface area (Å²) in [4.78, 5) is 27.7. The first-order valence-corrected chi connectivity index (χ1v) is 9.03. The Kier molecular flexibility index (Phi) is 5.92. The molecule has 1 aromatic carbocycles. The molecule has 0 aromatic heterocycles. The number of hydrogen-bond donors (Lipinski definition) is 1. The predicted octanol–water partition coefficient (Wildman–Crippen LogP) is 4.40. The summed E-state index contributed by atoms with van der Waals surface area (Å²) in [6.45, 7) is 8.14. The Balaban J connectivity index is 2.17. The van der Waals surface area contributed by atoms with E-state index in [0.29, 0.717) is 10.7 Å². The highest BCUT2D eigenvalue weighted by Gasteiger charge is 2.41. The van der Waals surface area contributed by atoms with E-state index in [4.69, 9.17) is 11.6 Å². The van der Waals surface area contributed by atoms with Crippen LogP contribution < -0.4 is 5.32 Å². The molecule has 1 unspecified atom stereocenters. The minimum absolute atomic E-state index is 0.0915. The first kappa shape index (κ1) is 18.8. The van der Waals surface area contributed by atoms with Gasteiger partial charge in [-0.1, -0.05) is 24.6 Å². The van der Waals surface area contributed by atoms with E-state index in [2.05, 4.69) is 12.2 Å². The van der Waals surface area contributed by atoms with Crippen molar-refractivity contribution in [2.45, 2.75) is 59.4 Å². The Morgan fingerprint density at radius 2 is 2.04 bits per heavy atom. The van der Waals surface area contributed by atoms with E-state index in [1.165, 1.54) is 0 Å². The van der Waals surface area contributed by atoms with Gasteiger partial charge in [0.2, 0.25) is 11.8 Å². The number of aryl methyl sites for hydroxylation is 1. The van der Waals surface area contributed by atoms with Gasteiger partial charge >= 0.3 is 0 Å². The molecule has 1 aliphatic heterocycles. The molecule has 0 aliphatic carbocycles. The first-order chi connectivity index (χ1) is 11.3. The van der Waals surface area contributed by atoms with E-state index in [1.807, 2.05) is 17.9 Å². The Morgan fingerprint density at radius 1 is 1.33 bits per heavy atom. The summed E-state index contributed by atoms with van der Waals surface area (Å²) in [5.41, 5.74) is 0.457. The van der Waals surface area contributed by atoms with Gasteiger partial charge in [-0.2, -0.15) is 0 Å². The van der Waals surface area contributed by atoms with E-state index in [-0.39, 0.29) is 17.9 Å². The van der Waals surface area contributed by atoms with Crippen molar-refractivity contribution in [3.63, 3.8) is 0 Å². The van der Waals surface area contributed by atoms with E-state index in [9.17, 15) is 9.59 Å². The van der Waals surface area contributed by atoms with Gasteiger partial charge in [0.1, 0.15) is 5.41 Å². The third kappa shape index (κ3) is 3.92. The summed E-state index contributed by atoms with van der Waals surface area (Å²) in [6, 6.07) is 5.59. The van der Waals surface area contributed by atoms with Gasteiger partial charge in [0.15, 0.2) is 0 Å². The molecule has 1 aliphatic rings. The number of nitrogens with zero attached hydrogens (tertiary/aromatic N) is 1. The zero-order valence-corrected chi connectivity index (χ0v) is 15.7. The highest BCUT2D eigenvalue weighted by molar-refractivity contribution is 6.31. The zero-order chi connectivity index (χ0) is 17.9. The largest absolute Gasteiger partial charge is 0.339 e. The van der Waals surface area contributed by atoms with Gasteiger partial charge in [0, 0.05) is 23.3 Å².